The van der Waals surface area contributed by atoms with Gasteiger partial charge in [0.05, 0.1) is 11.9 Å². The van der Waals surface area contributed by atoms with Gasteiger partial charge in [-0.3, -0.25) is 9.82 Å². The van der Waals surface area contributed by atoms with E-state index in [9.17, 15) is 8.42 Å². The van der Waals surface area contributed by atoms with Crippen LogP contribution in [0.5, 0.6) is 0 Å². The van der Waals surface area contributed by atoms with E-state index in [1.54, 1.807) is 20.8 Å². The third-order valence-corrected chi connectivity index (χ3v) is 2.58. The van der Waals surface area contributed by atoms with E-state index in [4.69, 9.17) is 0 Å². The summed E-state index contributed by atoms with van der Waals surface area (Å²) >= 11 is 0. The number of hydrogen-bond acceptors (Lipinski definition) is 3. The van der Waals surface area contributed by atoms with Crippen LogP contribution in [0.1, 0.15) is 20.8 Å². The number of nitrogens with one attached hydrogen (secondary N) is 3. The molecule has 80 valence electrons. The van der Waals surface area contributed by atoms with Crippen molar-refractivity contribution in [3.8, 4) is 0 Å². The van der Waals surface area contributed by atoms with Gasteiger partial charge < -0.3 is 0 Å². The molecule has 3 N–H and O–H groups in total. The monoisotopic (exact) mass is 218 g/mol. The molecule has 0 radical (unpaired) electrons. The lowest BCUT2D eigenvalue weighted by Gasteiger charge is -2.20. The minimum Gasteiger partial charge on any atom is -0.284 e. The molecule has 0 atom stereocenters. The van der Waals surface area contributed by atoms with Crippen molar-refractivity contribution < 1.29 is 8.42 Å². The van der Waals surface area contributed by atoms with E-state index in [1.165, 1.54) is 12.4 Å². The molecule has 0 saturated heterocycles. The molecule has 0 unspecified atom stereocenters. The first-order valence-corrected chi connectivity index (χ1v) is 5.57. The van der Waals surface area contributed by atoms with E-state index in [0.717, 1.165) is 0 Å². The first kappa shape index (κ1) is 11.0. The summed E-state index contributed by atoms with van der Waals surface area (Å²) in [6, 6.07) is 0. The zero-order valence-corrected chi connectivity index (χ0v) is 9.14. The Morgan fingerprint density at radius 2 is 2.07 bits per heavy atom. The molecule has 0 spiro atoms. The van der Waals surface area contributed by atoms with Gasteiger partial charge in [-0.15, -0.1) is 0 Å². The summed E-state index contributed by atoms with van der Waals surface area (Å²) in [5.41, 5.74) is -0.1000. The van der Waals surface area contributed by atoms with Crippen LogP contribution in [0.3, 0.4) is 0 Å². The van der Waals surface area contributed by atoms with Gasteiger partial charge >= 0.3 is 0 Å². The van der Waals surface area contributed by atoms with Crippen LogP contribution < -0.4 is 9.44 Å². The Labute approximate surface area is 83.3 Å². The van der Waals surface area contributed by atoms with Gasteiger partial charge in [-0.2, -0.15) is 18.2 Å². The molecule has 7 heteroatoms. The van der Waals surface area contributed by atoms with Crippen LogP contribution in [0.15, 0.2) is 12.4 Å². The second kappa shape index (κ2) is 3.58. The molecule has 0 aliphatic carbocycles. The van der Waals surface area contributed by atoms with E-state index in [2.05, 4.69) is 19.6 Å². The summed E-state index contributed by atoms with van der Waals surface area (Å²) in [5.74, 6) is 0. The molecule has 1 aromatic heterocycles. The first-order valence-electron chi connectivity index (χ1n) is 4.09. The fraction of sp³-hybridized carbons (Fsp3) is 0.571. The smallest absolute Gasteiger partial charge is 0.284 e. The van der Waals surface area contributed by atoms with Crippen LogP contribution in [0, 0.1) is 0 Å². The van der Waals surface area contributed by atoms with Crippen molar-refractivity contribution in [2.75, 3.05) is 4.72 Å². The number of nitrogens with zero attached hydrogens (tertiary/aromatic N) is 1. The van der Waals surface area contributed by atoms with E-state index in [1.807, 2.05) is 0 Å². The average molecular weight is 218 g/mol. The van der Waals surface area contributed by atoms with Crippen molar-refractivity contribution >= 4 is 15.9 Å². The summed E-state index contributed by atoms with van der Waals surface area (Å²) in [6.07, 6.45) is 2.85. The second-order valence-corrected chi connectivity index (χ2v) is 5.36. The molecule has 14 heavy (non-hydrogen) atoms. The normalized spacial score (nSPS) is 12.8. The molecule has 1 aromatic rings. The average Bonchev–Trinajstić information content (AvgIpc) is 2.31. The van der Waals surface area contributed by atoms with Gasteiger partial charge in [-0.25, -0.2) is 0 Å². The van der Waals surface area contributed by atoms with Gasteiger partial charge in [0.1, 0.15) is 0 Å². The lowest BCUT2D eigenvalue weighted by molar-refractivity contribution is 0.494. The van der Waals surface area contributed by atoms with Crippen LogP contribution in [0.2, 0.25) is 0 Å². The topological polar surface area (TPSA) is 86.9 Å². The Hall–Kier alpha value is -1.08. The highest BCUT2D eigenvalue weighted by Gasteiger charge is 2.19. The lowest BCUT2D eigenvalue weighted by atomic mass is 10.1. The maximum Gasteiger partial charge on any atom is 0.299 e. The summed E-state index contributed by atoms with van der Waals surface area (Å²) in [6.45, 7) is 5.30. The van der Waals surface area contributed by atoms with Crippen molar-refractivity contribution in [2.24, 2.45) is 0 Å². The van der Waals surface area contributed by atoms with Crippen molar-refractivity contribution in [1.82, 2.24) is 14.9 Å². The molecular formula is C7H14N4O2S. The minimum atomic E-state index is -3.52. The van der Waals surface area contributed by atoms with Gasteiger partial charge in [0.25, 0.3) is 10.2 Å². The maximum atomic E-state index is 11.4. The molecule has 0 aliphatic rings. The fourth-order valence-corrected chi connectivity index (χ4v) is 2.17. The van der Waals surface area contributed by atoms with Crippen molar-refractivity contribution in [3.63, 3.8) is 0 Å². The van der Waals surface area contributed by atoms with Crippen LogP contribution in [0.4, 0.5) is 5.69 Å². The summed E-state index contributed by atoms with van der Waals surface area (Å²) in [7, 11) is -3.52. The summed E-state index contributed by atoms with van der Waals surface area (Å²) in [4.78, 5) is 0. The van der Waals surface area contributed by atoms with E-state index >= 15 is 0 Å². The largest absolute Gasteiger partial charge is 0.299 e. The zero-order chi connectivity index (χ0) is 10.8. The Morgan fingerprint density at radius 3 is 2.50 bits per heavy atom. The Kier molecular flexibility index (Phi) is 2.81. The van der Waals surface area contributed by atoms with Crippen LogP contribution >= 0.6 is 0 Å². The molecule has 0 aliphatic heterocycles. The highest BCUT2D eigenvalue weighted by molar-refractivity contribution is 7.90. The lowest BCUT2D eigenvalue weighted by Crippen LogP contribution is -2.43. The highest BCUT2D eigenvalue weighted by Crippen LogP contribution is 2.07. The first-order chi connectivity index (χ1) is 6.29. The summed E-state index contributed by atoms with van der Waals surface area (Å²) in [5, 5.41) is 6.13. The molecule has 6 nitrogen and oxygen atoms in total. The van der Waals surface area contributed by atoms with E-state index in [0.29, 0.717) is 5.69 Å². The van der Waals surface area contributed by atoms with Gasteiger partial charge in [-0.1, -0.05) is 0 Å². The van der Waals surface area contributed by atoms with Gasteiger partial charge in [0.15, 0.2) is 0 Å². The van der Waals surface area contributed by atoms with Gasteiger partial charge in [-0.05, 0) is 20.8 Å². The number of rotatable bonds is 3. The quantitative estimate of drug-likeness (QED) is 0.688. The number of H-pyrrole nitrogens is 1. The van der Waals surface area contributed by atoms with Gasteiger partial charge in [0.2, 0.25) is 0 Å². The Morgan fingerprint density at radius 1 is 1.43 bits per heavy atom. The van der Waals surface area contributed by atoms with E-state index in [-0.39, 0.29) is 0 Å². The fourth-order valence-electron chi connectivity index (χ4n) is 0.890. The standard InChI is InChI=1S/C7H14N4O2S/c1-7(2,3)11-14(12,13)10-6-4-8-9-5-6/h4-5,10-11H,1-3H3,(H,8,9). The van der Waals surface area contributed by atoms with Crippen LogP contribution in [-0.4, -0.2) is 24.2 Å². The zero-order valence-electron chi connectivity index (χ0n) is 8.33. The summed E-state index contributed by atoms with van der Waals surface area (Å²) < 4.78 is 27.7. The Bertz CT molecular complexity index is 376. The SMILES string of the molecule is CC(C)(C)NS(=O)(=O)Nc1cn[nH]c1. The van der Waals surface area contributed by atoms with Crippen molar-refractivity contribution in [1.29, 1.82) is 0 Å². The molecule has 1 heterocycles. The van der Waals surface area contributed by atoms with E-state index < -0.39 is 15.7 Å². The number of aromatic amines is 1. The number of anilines is 1. The maximum absolute atomic E-state index is 11.4. The molecule has 1 rings (SSSR count). The minimum absolute atomic E-state index is 0.404. The second-order valence-electron chi connectivity index (χ2n) is 3.94. The number of hydrogen-bond donors (Lipinski definition) is 3. The molecule has 0 saturated carbocycles. The molecule has 0 bridgehead atoms. The van der Waals surface area contributed by atoms with Crippen LogP contribution in [0.25, 0.3) is 0 Å². The van der Waals surface area contributed by atoms with Gasteiger partial charge in [0, 0.05) is 11.7 Å². The highest BCUT2D eigenvalue weighted by atomic mass is 32.2. The Balaban J connectivity index is 2.69. The van der Waals surface area contributed by atoms with Crippen LogP contribution in [-0.2, 0) is 10.2 Å². The third kappa shape index (κ3) is 3.75. The molecule has 0 amide bonds. The van der Waals surface area contributed by atoms with Crippen molar-refractivity contribution in [3.05, 3.63) is 12.4 Å². The predicted octanol–water partition coefficient (Wildman–Crippen LogP) is 0.454. The third-order valence-electron chi connectivity index (χ3n) is 1.19. The molecular weight excluding hydrogens is 204 g/mol. The number of aromatic nitrogens is 2. The molecule has 0 fully saturated rings. The van der Waals surface area contributed by atoms with Crippen molar-refractivity contribution in [2.45, 2.75) is 26.3 Å². The molecule has 0 aromatic carbocycles. The predicted molar refractivity (Wildman–Crippen MR) is 54.0 cm³/mol.